The Morgan fingerprint density at radius 3 is 2.26 bits per heavy atom. The number of nitrogens with zero attached hydrogens (tertiary/aromatic N) is 2. The minimum absolute atomic E-state index is 0.882. The largest absolute Gasteiger partial charge is 0.373 e. The number of hydrogen-bond acceptors (Lipinski definition) is 3. The van der Waals surface area contributed by atoms with Crippen LogP contribution in [-0.4, -0.2) is 17.0 Å². The van der Waals surface area contributed by atoms with Crippen LogP contribution in [0.15, 0.2) is 24.3 Å². The summed E-state index contributed by atoms with van der Waals surface area (Å²) in [6.07, 6.45) is 1.97. The van der Waals surface area contributed by atoms with Gasteiger partial charge in [0.15, 0.2) is 0 Å². The fourth-order valence-corrected chi connectivity index (χ4v) is 2.23. The molecule has 19 heavy (non-hydrogen) atoms. The molecule has 2 aromatic rings. The number of aryl methyl sites for hydroxylation is 3. The van der Waals surface area contributed by atoms with Gasteiger partial charge in [0, 0.05) is 25.1 Å². The molecule has 0 unspecified atom stereocenters. The molecule has 0 atom stereocenters. The third kappa shape index (κ3) is 3.31. The molecule has 2 rings (SSSR count). The smallest absolute Gasteiger partial charge is 0.131 e. The third-order valence-corrected chi connectivity index (χ3v) is 3.02. The second kappa shape index (κ2) is 5.83. The van der Waals surface area contributed by atoms with E-state index in [1.807, 2.05) is 13.1 Å². The molecule has 0 saturated heterocycles. The molecule has 0 spiro atoms. The van der Waals surface area contributed by atoms with E-state index in [1.165, 1.54) is 11.1 Å². The molecule has 0 amide bonds. The fraction of sp³-hybridized carbons (Fsp3) is 0.375. The van der Waals surface area contributed by atoms with Crippen molar-refractivity contribution in [2.75, 3.05) is 12.4 Å². The fourth-order valence-electron chi connectivity index (χ4n) is 2.23. The number of benzene rings is 1. The number of anilines is 1. The van der Waals surface area contributed by atoms with E-state index >= 15 is 0 Å². The molecule has 0 aliphatic heterocycles. The summed E-state index contributed by atoms with van der Waals surface area (Å²) in [6, 6.07) is 8.53. The van der Waals surface area contributed by atoms with Crippen LogP contribution in [0.2, 0.25) is 0 Å². The summed E-state index contributed by atoms with van der Waals surface area (Å²) in [5, 5.41) is 3.11. The van der Waals surface area contributed by atoms with E-state index in [1.54, 1.807) is 0 Å². The Morgan fingerprint density at radius 2 is 1.68 bits per heavy atom. The zero-order valence-corrected chi connectivity index (χ0v) is 12.1. The summed E-state index contributed by atoms with van der Waals surface area (Å²) in [5.74, 6) is 1.79. The molecule has 3 nitrogen and oxygen atoms in total. The Labute approximate surface area is 115 Å². The van der Waals surface area contributed by atoms with Crippen molar-refractivity contribution >= 4 is 5.82 Å². The molecule has 0 fully saturated rings. The number of nitrogens with one attached hydrogen (secondary N) is 1. The zero-order chi connectivity index (χ0) is 13.8. The highest BCUT2D eigenvalue weighted by molar-refractivity contribution is 5.64. The first-order chi connectivity index (χ1) is 9.12. The second-order valence-corrected chi connectivity index (χ2v) is 4.93. The molecule has 0 aliphatic carbocycles. The van der Waals surface area contributed by atoms with Gasteiger partial charge >= 0.3 is 0 Å². The third-order valence-electron chi connectivity index (χ3n) is 3.02. The van der Waals surface area contributed by atoms with E-state index in [4.69, 9.17) is 0 Å². The lowest BCUT2D eigenvalue weighted by Crippen LogP contribution is -2.01. The Kier molecular flexibility index (Phi) is 4.15. The van der Waals surface area contributed by atoms with E-state index in [-0.39, 0.29) is 0 Å². The van der Waals surface area contributed by atoms with Gasteiger partial charge in [0.2, 0.25) is 0 Å². The predicted octanol–water partition coefficient (Wildman–Crippen LogP) is 3.75. The van der Waals surface area contributed by atoms with Crippen molar-refractivity contribution in [1.82, 2.24) is 9.97 Å². The van der Waals surface area contributed by atoms with Crippen molar-refractivity contribution in [2.45, 2.75) is 33.6 Å². The topological polar surface area (TPSA) is 37.8 Å². The van der Waals surface area contributed by atoms with Crippen molar-refractivity contribution in [3.8, 4) is 11.3 Å². The quantitative estimate of drug-likeness (QED) is 0.904. The van der Waals surface area contributed by atoms with Gasteiger partial charge in [-0.1, -0.05) is 24.1 Å². The van der Waals surface area contributed by atoms with Crippen LogP contribution in [0.3, 0.4) is 0 Å². The van der Waals surface area contributed by atoms with Crippen LogP contribution in [-0.2, 0) is 6.42 Å². The SMILES string of the molecule is CCCc1nc(NC)cc(-c2cc(C)cc(C)c2)n1. The van der Waals surface area contributed by atoms with Crippen LogP contribution < -0.4 is 5.32 Å². The molecule has 1 heterocycles. The molecular weight excluding hydrogens is 234 g/mol. The number of hydrogen-bond donors (Lipinski definition) is 1. The lowest BCUT2D eigenvalue weighted by atomic mass is 10.0. The molecular formula is C16H21N3. The average Bonchev–Trinajstić information content (AvgIpc) is 2.37. The summed E-state index contributed by atoms with van der Waals surface area (Å²) in [5.41, 5.74) is 4.68. The molecule has 0 aliphatic rings. The average molecular weight is 255 g/mol. The highest BCUT2D eigenvalue weighted by Crippen LogP contribution is 2.22. The molecule has 0 saturated carbocycles. The highest BCUT2D eigenvalue weighted by Gasteiger charge is 2.06. The Balaban J connectivity index is 2.50. The molecule has 1 N–H and O–H groups in total. The summed E-state index contributed by atoms with van der Waals surface area (Å²) in [7, 11) is 1.89. The second-order valence-electron chi connectivity index (χ2n) is 4.93. The van der Waals surface area contributed by atoms with Gasteiger partial charge in [-0.3, -0.25) is 0 Å². The van der Waals surface area contributed by atoms with Gasteiger partial charge in [-0.15, -0.1) is 0 Å². The van der Waals surface area contributed by atoms with Crippen LogP contribution in [0.1, 0.15) is 30.3 Å². The van der Waals surface area contributed by atoms with E-state index in [9.17, 15) is 0 Å². The molecule has 1 aromatic heterocycles. The van der Waals surface area contributed by atoms with E-state index < -0.39 is 0 Å². The zero-order valence-electron chi connectivity index (χ0n) is 12.1. The van der Waals surface area contributed by atoms with Gasteiger partial charge in [0.1, 0.15) is 11.6 Å². The molecule has 3 heteroatoms. The summed E-state index contributed by atoms with van der Waals surface area (Å²) >= 11 is 0. The standard InChI is InChI=1S/C16H21N3/c1-5-6-15-18-14(10-16(17-4)19-15)13-8-11(2)7-12(3)9-13/h7-10H,5-6H2,1-4H3,(H,17,18,19). The van der Waals surface area contributed by atoms with Crippen molar-refractivity contribution in [3.05, 3.63) is 41.2 Å². The molecule has 100 valence electrons. The van der Waals surface area contributed by atoms with Crippen LogP contribution >= 0.6 is 0 Å². The lowest BCUT2D eigenvalue weighted by Gasteiger charge is -2.09. The van der Waals surface area contributed by atoms with Crippen LogP contribution in [0.25, 0.3) is 11.3 Å². The van der Waals surface area contributed by atoms with Crippen LogP contribution in [0, 0.1) is 13.8 Å². The first-order valence-corrected chi connectivity index (χ1v) is 6.76. The maximum atomic E-state index is 4.67. The van der Waals surface area contributed by atoms with Crippen molar-refractivity contribution in [3.63, 3.8) is 0 Å². The molecule has 0 radical (unpaired) electrons. The van der Waals surface area contributed by atoms with Gasteiger partial charge in [0.05, 0.1) is 5.69 Å². The maximum absolute atomic E-state index is 4.67. The Morgan fingerprint density at radius 1 is 1.00 bits per heavy atom. The minimum Gasteiger partial charge on any atom is -0.373 e. The van der Waals surface area contributed by atoms with Gasteiger partial charge in [-0.2, -0.15) is 0 Å². The number of aromatic nitrogens is 2. The van der Waals surface area contributed by atoms with Gasteiger partial charge < -0.3 is 5.32 Å². The summed E-state index contributed by atoms with van der Waals surface area (Å²) in [6.45, 7) is 6.37. The van der Waals surface area contributed by atoms with Gasteiger partial charge in [0.25, 0.3) is 0 Å². The van der Waals surface area contributed by atoms with Crippen LogP contribution in [0.5, 0.6) is 0 Å². The normalized spacial score (nSPS) is 10.5. The van der Waals surface area contributed by atoms with E-state index in [0.717, 1.165) is 35.7 Å². The van der Waals surface area contributed by atoms with Gasteiger partial charge in [-0.25, -0.2) is 9.97 Å². The Hall–Kier alpha value is -1.90. The summed E-state index contributed by atoms with van der Waals surface area (Å²) < 4.78 is 0. The maximum Gasteiger partial charge on any atom is 0.131 e. The highest BCUT2D eigenvalue weighted by atomic mass is 15.0. The van der Waals surface area contributed by atoms with Gasteiger partial charge in [-0.05, 0) is 32.4 Å². The minimum atomic E-state index is 0.882. The Bertz CT molecular complexity index is 556. The molecule has 0 bridgehead atoms. The first-order valence-electron chi connectivity index (χ1n) is 6.76. The lowest BCUT2D eigenvalue weighted by molar-refractivity contribution is 0.838. The van der Waals surface area contributed by atoms with Crippen molar-refractivity contribution in [1.29, 1.82) is 0 Å². The summed E-state index contributed by atoms with van der Waals surface area (Å²) in [4.78, 5) is 9.16. The number of rotatable bonds is 4. The molecule has 1 aromatic carbocycles. The first kappa shape index (κ1) is 13.5. The van der Waals surface area contributed by atoms with E-state index in [0.29, 0.717) is 0 Å². The van der Waals surface area contributed by atoms with Crippen molar-refractivity contribution in [2.24, 2.45) is 0 Å². The predicted molar refractivity (Wildman–Crippen MR) is 80.5 cm³/mol. The van der Waals surface area contributed by atoms with Crippen molar-refractivity contribution < 1.29 is 0 Å². The monoisotopic (exact) mass is 255 g/mol. The van der Waals surface area contributed by atoms with Crippen LogP contribution in [0.4, 0.5) is 5.82 Å². The van der Waals surface area contributed by atoms with E-state index in [2.05, 4.69) is 54.3 Å².